The lowest BCUT2D eigenvalue weighted by molar-refractivity contribution is -0.109. The maximum atomic E-state index is 13.9. The van der Waals surface area contributed by atoms with Gasteiger partial charge in [0, 0.05) is 5.31 Å². The zero-order valence-corrected chi connectivity index (χ0v) is 14.2. The highest BCUT2D eigenvalue weighted by Gasteiger charge is 2.76. The molecule has 1 saturated heterocycles. The van der Waals surface area contributed by atoms with Gasteiger partial charge in [-0.25, -0.2) is 8.78 Å². The van der Waals surface area contributed by atoms with E-state index in [9.17, 15) is 8.78 Å². The van der Waals surface area contributed by atoms with E-state index in [1.54, 1.807) is 0 Å². The second-order valence-electron chi connectivity index (χ2n) is 8.89. The second-order valence-corrected chi connectivity index (χ2v) is 8.89. The maximum Gasteiger partial charge on any atom is 0.464 e. The van der Waals surface area contributed by atoms with E-state index in [1.165, 1.54) is 18.2 Å². The second kappa shape index (κ2) is 4.37. The minimum Gasteiger partial charge on any atom is -0.403 e. The van der Waals surface area contributed by atoms with Crippen LogP contribution < -0.4 is 0 Å². The molecule has 0 aromatic heterocycles. The Morgan fingerprint density at radius 3 is 2.13 bits per heavy atom. The van der Waals surface area contributed by atoms with Crippen LogP contribution in [0.4, 0.5) is 8.78 Å². The van der Waals surface area contributed by atoms with Gasteiger partial charge < -0.3 is 9.31 Å². The molecule has 0 atom stereocenters. The highest BCUT2D eigenvalue weighted by molar-refractivity contribution is 6.51. The van der Waals surface area contributed by atoms with E-state index in [4.69, 9.17) is 9.31 Å². The summed E-state index contributed by atoms with van der Waals surface area (Å²) in [5.41, 5.74) is -0.0190. The Balaban J connectivity index is 1.44. The first kappa shape index (κ1) is 15.6. The largest absolute Gasteiger partial charge is 0.464 e. The van der Waals surface area contributed by atoms with Crippen molar-refractivity contribution in [1.82, 2.24) is 0 Å². The first-order valence-corrected chi connectivity index (χ1v) is 8.36. The molecule has 4 fully saturated rings. The molecule has 5 heteroatoms. The number of hydrogen-bond donors (Lipinski definition) is 0. The van der Waals surface area contributed by atoms with Crippen molar-refractivity contribution in [3.63, 3.8) is 0 Å². The summed E-state index contributed by atoms with van der Waals surface area (Å²) < 4.78 is 39.6. The lowest BCUT2D eigenvalue weighted by Crippen LogP contribution is -2.64. The molecule has 2 bridgehead atoms. The Bertz CT molecular complexity index is 635. The van der Waals surface area contributed by atoms with Gasteiger partial charge in [0.25, 0.3) is 0 Å². The highest BCUT2D eigenvalue weighted by Crippen LogP contribution is 2.81. The van der Waals surface area contributed by atoms with E-state index >= 15 is 0 Å². The molecule has 0 radical (unpaired) electrons. The molecule has 0 unspecified atom stereocenters. The molecule has 2 nitrogen and oxygen atoms in total. The van der Waals surface area contributed by atoms with Crippen molar-refractivity contribution < 1.29 is 18.1 Å². The molecule has 124 valence electrons. The minimum absolute atomic E-state index is 0.0782. The van der Waals surface area contributed by atoms with Crippen LogP contribution in [0.15, 0.2) is 18.2 Å². The normalized spacial score (nSPS) is 36.5. The maximum absolute atomic E-state index is 13.9. The van der Waals surface area contributed by atoms with Crippen molar-refractivity contribution in [3.8, 4) is 0 Å². The summed E-state index contributed by atoms with van der Waals surface area (Å²) in [6.07, 6.45) is 3.55. The van der Waals surface area contributed by atoms with E-state index in [0.29, 0.717) is 12.0 Å². The van der Waals surface area contributed by atoms with Crippen LogP contribution in [0.1, 0.15) is 52.5 Å². The van der Waals surface area contributed by atoms with Crippen molar-refractivity contribution in [2.24, 2.45) is 5.41 Å². The number of halogens is 2. The fourth-order valence-corrected chi connectivity index (χ4v) is 4.70. The van der Waals surface area contributed by atoms with Crippen molar-refractivity contribution >= 4 is 7.12 Å². The molecule has 3 saturated carbocycles. The van der Waals surface area contributed by atoms with Gasteiger partial charge in [-0.3, -0.25) is 0 Å². The summed E-state index contributed by atoms with van der Waals surface area (Å²) in [6, 6.07) is 3.73. The molecule has 0 N–H and O–H groups in total. The van der Waals surface area contributed by atoms with Crippen LogP contribution in [0.5, 0.6) is 0 Å². The first-order valence-electron chi connectivity index (χ1n) is 8.36. The van der Waals surface area contributed by atoms with Crippen LogP contribution >= 0.6 is 0 Å². The Morgan fingerprint density at radius 1 is 1.00 bits per heavy atom. The highest BCUT2D eigenvalue weighted by atomic mass is 19.1. The SMILES string of the molecule is CC1(C)OB(C23CC(Cc4cc(F)ccc4F)(C2)C3)OC1(C)C. The summed E-state index contributed by atoms with van der Waals surface area (Å²) in [5.74, 6) is -0.672. The molecular formula is C18H23BF2O2. The Hall–Kier alpha value is -0.935. The summed E-state index contributed by atoms with van der Waals surface area (Å²) >= 11 is 0. The Labute approximate surface area is 136 Å². The van der Waals surface area contributed by atoms with Gasteiger partial charge in [0.2, 0.25) is 0 Å². The zero-order chi connectivity index (χ0) is 16.7. The third kappa shape index (κ3) is 2.12. The van der Waals surface area contributed by atoms with Crippen molar-refractivity contribution in [2.75, 3.05) is 0 Å². The molecule has 23 heavy (non-hydrogen) atoms. The fraction of sp³-hybridized carbons (Fsp3) is 0.667. The summed E-state index contributed by atoms with van der Waals surface area (Å²) in [5, 5.41) is 0.0782. The van der Waals surface area contributed by atoms with Gasteiger partial charge in [-0.1, -0.05) is 0 Å². The smallest absolute Gasteiger partial charge is 0.403 e. The molecule has 5 rings (SSSR count). The van der Waals surface area contributed by atoms with Gasteiger partial charge >= 0.3 is 7.12 Å². The summed E-state index contributed by atoms with van der Waals surface area (Å²) in [4.78, 5) is 0. The molecule has 1 aromatic carbocycles. The van der Waals surface area contributed by atoms with Crippen molar-refractivity contribution in [2.45, 2.75) is 69.9 Å². The van der Waals surface area contributed by atoms with Gasteiger partial charge in [0.1, 0.15) is 11.6 Å². The number of rotatable bonds is 3. The standard InChI is InChI=1S/C18H23BF2O2/c1-15(2)16(3,4)23-19(22-15)18-9-17(10-18,11-18)8-12-7-13(20)5-6-14(12)21/h5-7H,8-11H2,1-4H3. The predicted molar refractivity (Wildman–Crippen MR) is 85.1 cm³/mol. The first-order chi connectivity index (χ1) is 10.6. The Morgan fingerprint density at radius 2 is 1.57 bits per heavy atom. The van der Waals surface area contributed by atoms with E-state index in [-0.39, 0.29) is 40.7 Å². The molecule has 0 spiro atoms. The predicted octanol–water partition coefficient (Wildman–Crippen LogP) is 4.52. The van der Waals surface area contributed by atoms with Gasteiger partial charge in [-0.2, -0.15) is 0 Å². The van der Waals surface area contributed by atoms with E-state index in [1.807, 2.05) is 0 Å². The van der Waals surface area contributed by atoms with Crippen LogP contribution in [-0.4, -0.2) is 18.3 Å². The van der Waals surface area contributed by atoms with E-state index in [0.717, 1.165) is 19.3 Å². The van der Waals surface area contributed by atoms with Gasteiger partial charge in [0.15, 0.2) is 0 Å². The molecule has 0 amide bonds. The molecule has 1 heterocycles. The third-order valence-corrected chi connectivity index (χ3v) is 6.51. The topological polar surface area (TPSA) is 18.5 Å². The number of benzene rings is 1. The lowest BCUT2D eigenvalue weighted by atomic mass is 9.23. The van der Waals surface area contributed by atoms with Crippen LogP contribution in [0.2, 0.25) is 5.31 Å². The molecular weight excluding hydrogens is 297 g/mol. The lowest BCUT2D eigenvalue weighted by Gasteiger charge is -2.71. The van der Waals surface area contributed by atoms with Gasteiger partial charge in [-0.05, 0) is 82.6 Å². The van der Waals surface area contributed by atoms with Crippen molar-refractivity contribution in [1.29, 1.82) is 0 Å². The van der Waals surface area contributed by atoms with Gasteiger partial charge in [0.05, 0.1) is 11.2 Å². The average molecular weight is 320 g/mol. The molecule has 3 aliphatic carbocycles. The molecule has 4 aliphatic rings. The molecule has 1 aliphatic heterocycles. The third-order valence-electron chi connectivity index (χ3n) is 6.51. The summed E-state index contributed by atoms with van der Waals surface area (Å²) in [7, 11) is -0.174. The quantitative estimate of drug-likeness (QED) is 0.762. The van der Waals surface area contributed by atoms with E-state index < -0.39 is 0 Å². The zero-order valence-electron chi connectivity index (χ0n) is 14.2. The van der Waals surface area contributed by atoms with Crippen LogP contribution in [0.3, 0.4) is 0 Å². The van der Waals surface area contributed by atoms with Crippen LogP contribution in [0.25, 0.3) is 0 Å². The summed E-state index contributed by atoms with van der Waals surface area (Å²) in [6.45, 7) is 8.26. The van der Waals surface area contributed by atoms with Gasteiger partial charge in [-0.15, -0.1) is 0 Å². The number of hydrogen-bond acceptors (Lipinski definition) is 2. The minimum atomic E-state index is -0.367. The van der Waals surface area contributed by atoms with Crippen molar-refractivity contribution in [3.05, 3.63) is 35.4 Å². The van der Waals surface area contributed by atoms with E-state index in [2.05, 4.69) is 27.7 Å². The Kier molecular flexibility index (Phi) is 2.96. The molecule has 1 aromatic rings. The average Bonchev–Trinajstić information content (AvgIpc) is 2.55. The van der Waals surface area contributed by atoms with Crippen LogP contribution in [-0.2, 0) is 15.7 Å². The monoisotopic (exact) mass is 320 g/mol. The fourth-order valence-electron chi connectivity index (χ4n) is 4.70. The van der Waals surface area contributed by atoms with Crippen LogP contribution in [0, 0.1) is 17.0 Å².